The fourth-order valence-corrected chi connectivity index (χ4v) is 2.86. The van der Waals surface area contributed by atoms with E-state index < -0.39 is 12.1 Å². The molecular weight excluding hydrogens is 245 g/mol. The molecular formula is C12H19F3N2O. The van der Waals surface area contributed by atoms with E-state index in [9.17, 15) is 18.0 Å². The molecule has 2 saturated heterocycles. The summed E-state index contributed by atoms with van der Waals surface area (Å²) in [5.74, 6) is -1.28. The van der Waals surface area contributed by atoms with E-state index in [1.807, 2.05) is 6.92 Å². The van der Waals surface area contributed by atoms with Crippen molar-refractivity contribution in [2.75, 3.05) is 19.6 Å². The molecule has 2 unspecified atom stereocenters. The van der Waals surface area contributed by atoms with E-state index in [0.717, 1.165) is 13.0 Å². The van der Waals surface area contributed by atoms with E-state index in [0.29, 0.717) is 0 Å². The molecule has 1 N–H and O–H groups in total. The Bertz CT molecular complexity index is 311. The molecule has 2 aliphatic heterocycles. The SMILES string of the molecule is CC1NCCC1C(=O)N1CCC(C(F)(F)F)CC1. The molecule has 6 heteroatoms. The number of alkyl halides is 3. The van der Waals surface area contributed by atoms with Gasteiger partial charge in [-0.3, -0.25) is 4.79 Å². The number of nitrogens with zero attached hydrogens (tertiary/aromatic N) is 1. The van der Waals surface area contributed by atoms with Crippen LogP contribution in [0.15, 0.2) is 0 Å². The third-order valence-electron chi connectivity index (χ3n) is 4.11. The lowest BCUT2D eigenvalue weighted by molar-refractivity contribution is -0.187. The van der Waals surface area contributed by atoms with Crippen LogP contribution in [0.1, 0.15) is 26.2 Å². The fraction of sp³-hybridized carbons (Fsp3) is 0.917. The topological polar surface area (TPSA) is 32.3 Å². The number of amides is 1. The summed E-state index contributed by atoms with van der Waals surface area (Å²) in [5.41, 5.74) is 0. The second-order valence-corrected chi connectivity index (χ2v) is 5.28. The van der Waals surface area contributed by atoms with Crippen molar-refractivity contribution in [3.8, 4) is 0 Å². The zero-order valence-electron chi connectivity index (χ0n) is 10.5. The molecule has 2 atom stereocenters. The Morgan fingerprint density at radius 2 is 1.83 bits per heavy atom. The largest absolute Gasteiger partial charge is 0.391 e. The van der Waals surface area contributed by atoms with Gasteiger partial charge in [0, 0.05) is 19.1 Å². The first-order valence-corrected chi connectivity index (χ1v) is 6.48. The zero-order valence-corrected chi connectivity index (χ0v) is 10.5. The maximum atomic E-state index is 12.5. The highest BCUT2D eigenvalue weighted by Crippen LogP contribution is 2.34. The minimum atomic E-state index is -4.11. The lowest BCUT2D eigenvalue weighted by atomic mass is 9.93. The van der Waals surface area contributed by atoms with E-state index in [1.165, 1.54) is 0 Å². The van der Waals surface area contributed by atoms with Crippen molar-refractivity contribution in [2.45, 2.75) is 38.4 Å². The lowest BCUT2D eigenvalue weighted by Crippen LogP contribution is -2.46. The second kappa shape index (κ2) is 5.07. The summed E-state index contributed by atoms with van der Waals surface area (Å²) < 4.78 is 37.6. The lowest BCUT2D eigenvalue weighted by Gasteiger charge is -2.34. The van der Waals surface area contributed by atoms with Gasteiger partial charge < -0.3 is 10.2 Å². The van der Waals surface area contributed by atoms with Crippen LogP contribution in [0.5, 0.6) is 0 Å². The van der Waals surface area contributed by atoms with Crippen molar-refractivity contribution in [1.29, 1.82) is 0 Å². The first-order valence-electron chi connectivity index (χ1n) is 6.48. The molecule has 0 aliphatic carbocycles. The van der Waals surface area contributed by atoms with E-state index in [2.05, 4.69) is 5.32 Å². The van der Waals surface area contributed by atoms with Gasteiger partial charge in [-0.2, -0.15) is 13.2 Å². The maximum Gasteiger partial charge on any atom is 0.391 e. The van der Waals surface area contributed by atoms with Gasteiger partial charge >= 0.3 is 6.18 Å². The number of nitrogens with one attached hydrogen (secondary N) is 1. The first-order chi connectivity index (χ1) is 8.39. The Morgan fingerprint density at radius 3 is 2.28 bits per heavy atom. The van der Waals surface area contributed by atoms with Crippen LogP contribution in [0.3, 0.4) is 0 Å². The third-order valence-corrected chi connectivity index (χ3v) is 4.11. The summed E-state index contributed by atoms with van der Waals surface area (Å²) in [7, 11) is 0. The van der Waals surface area contributed by atoms with Gasteiger partial charge in [-0.05, 0) is 32.7 Å². The molecule has 0 aromatic carbocycles. The number of likely N-dealkylation sites (tertiary alicyclic amines) is 1. The summed E-state index contributed by atoms with van der Waals surface area (Å²) >= 11 is 0. The number of rotatable bonds is 1. The highest BCUT2D eigenvalue weighted by molar-refractivity contribution is 5.80. The average Bonchev–Trinajstić information content (AvgIpc) is 2.73. The van der Waals surface area contributed by atoms with Gasteiger partial charge in [-0.15, -0.1) is 0 Å². The maximum absolute atomic E-state index is 12.5. The Labute approximate surface area is 105 Å². The number of halogens is 3. The number of piperidine rings is 1. The van der Waals surface area contributed by atoms with Gasteiger partial charge in [0.1, 0.15) is 0 Å². The van der Waals surface area contributed by atoms with Gasteiger partial charge in [0.25, 0.3) is 0 Å². The van der Waals surface area contributed by atoms with E-state index in [-0.39, 0.29) is 43.8 Å². The summed E-state index contributed by atoms with van der Waals surface area (Å²) in [5, 5.41) is 3.20. The molecule has 0 aromatic heterocycles. The predicted molar refractivity (Wildman–Crippen MR) is 60.9 cm³/mol. The van der Waals surface area contributed by atoms with Crippen LogP contribution in [0, 0.1) is 11.8 Å². The quantitative estimate of drug-likeness (QED) is 0.783. The molecule has 0 bridgehead atoms. The highest BCUT2D eigenvalue weighted by atomic mass is 19.4. The van der Waals surface area contributed by atoms with Crippen molar-refractivity contribution in [3.05, 3.63) is 0 Å². The van der Waals surface area contributed by atoms with Gasteiger partial charge in [0.15, 0.2) is 0 Å². The second-order valence-electron chi connectivity index (χ2n) is 5.28. The Kier molecular flexibility index (Phi) is 3.84. The summed E-state index contributed by atoms with van der Waals surface area (Å²) in [4.78, 5) is 13.8. The van der Waals surface area contributed by atoms with Crippen LogP contribution in [-0.4, -0.2) is 42.7 Å². The van der Waals surface area contributed by atoms with Crippen LogP contribution >= 0.6 is 0 Å². The number of carbonyl (C=O) groups excluding carboxylic acids is 1. The third kappa shape index (κ3) is 2.79. The smallest absolute Gasteiger partial charge is 0.342 e. The Balaban J connectivity index is 1.88. The molecule has 2 fully saturated rings. The van der Waals surface area contributed by atoms with Crippen LogP contribution < -0.4 is 5.32 Å². The monoisotopic (exact) mass is 264 g/mol. The van der Waals surface area contributed by atoms with E-state index in [1.54, 1.807) is 4.90 Å². The average molecular weight is 264 g/mol. The zero-order chi connectivity index (χ0) is 13.3. The molecule has 0 radical (unpaired) electrons. The van der Waals surface area contributed by atoms with Crippen LogP contribution in [-0.2, 0) is 4.79 Å². The highest BCUT2D eigenvalue weighted by Gasteiger charge is 2.43. The standard InChI is InChI=1S/C12H19F3N2O/c1-8-10(2-5-16-8)11(18)17-6-3-9(4-7-17)12(13,14)15/h8-10,16H,2-7H2,1H3. The van der Waals surface area contributed by atoms with Gasteiger partial charge in [0.2, 0.25) is 5.91 Å². The van der Waals surface area contributed by atoms with Crippen molar-refractivity contribution < 1.29 is 18.0 Å². The summed E-state index contributed by atoms with van der Waals surface area (Å²) in [6, 6.07) is 0.137. The number of hydrogen-bond acceptors (Lipinski definition) is 2. The predicted octanol–water partition coefficient (Wildman–Crippen LogP) is 1.79. The minimum Gasteiger partial charge on any atom is -0.342 e. The van der Waals surface area contributed by atoms with Crippen LogP contribution in [0.25, 0.3) is 0 Å². The molecule has 0 spiro atoms. The van der Waals surface area contributed by atoms with Crippen LogP contribution in [0.4, 0.5) is 13.2 Å². The molecule has 104 valence electrons. The summed E-state index contributed by atoms with van der Waals surface area (Å²) in [6.07, 6.45) is -3.23. The molecule has 2 heterocycles. The Hall–Kier alpha value is -0.780. The molecule has 1 amide bonds. The van der Waals surface area contributed by atoms with Crippen molar-refractivity contribution >= 4 is 5.91 Å². The molecule has 0 saturated carbocycles. The van der Waals surface area contributed by atoms with Crippen molar-refractivity contribution in [2.24, 2.45) is 11.8 Å². The number of hydrogen-bond donors (Lipinski definition) is 1. The van der Waals surface area contributed by atoms with Crippen molar-refractivity contribution in [3.63, 3.8) is 0 Å². The van der Waals surface area contributed by atoms with Gasteiger partial charge in [-0.25, -0.2) is 0 Å². The number of carbonyl (C=O) groups is 1. The fourth-order valence-electron chi connectivity index (χ4n) is 2.86. The Morgan fingerprint density at radius 1 is 1.22 bits per heavy atom. The molecule has 18 heavy (non-hydrogen) atoms. The van der Waals surface area contributed by atoms with Gasteiger partial charge in [0.05, 0.1) is 11.8 Å². The molecule has 2 aliphatic rings. The normalized spacial score (nSPS) is 30.8. The van der Waals surface area contributed by atoms with Gasteiger partial charge in [-0.1, -0.05) is 0 Å². The van der Waals surface area contributed by atoms with E-state index >= 15 is 0 Å². The first kappa shape index (κ1) is 13.6. The molecule has 0 aromatic rings. The minimum absolute atomic E-state index is 0.0214. The van der Waals surface area contributed by atoms with E-state index in [4.69, 9.17) is 0 Å². The van der Waals surface area contributed by atoms with Crippen molar-refractivity contribution in [1.82, 2.24) is 10.2 Å². The molecule has 3 nitrogen and oxygen atoms in total. The summed E-state index contributed by atoms with van der Waals surface area (Å²) in [6.45, 7) is 3.26. The van der Waals surface area contributed by atoms with Crippen LogP contribution in [0.2, 0.25) is 0 Å². The molecule has 2 rings (SSSR count).